The molecule has 2 atom stereocenters. The molecule has 16 heavy (non-hydrogen) atoms. The number of ether oxygens (including phenoxy) is 1. The van der Waals surface area contributed by atoms with Crippen LogP contribution in [0.5, 0.6) is 0 Å². The van der Waals surface area contributed by atoms with E-state index in [-0.39, 0.29) is 0 Å². The van der Waals surface area contributed by atoms with Gasteiger partial charge in [0.2, 0.25) is 0 Å². The molecular formula is C10H18N2O4. The van der Waals surface area contributed by atoms with Gasteiger partial charge in [-0.2, -0.15) is 0 Å². The number of rotatable bonds is 5. The van der Waals surface area contributed by atoms with Crippen LogP contribution in [0.1, 0.15) is 19.8 Å². The smallest absolute Gasteiger partial charge is 0.325 e. The third-order valence-corrected chi connectivity index (χ3v) is 2.58. The monoisotopic (exact) mass is 230 g/mol. The van der Waals surface area contributed by atoms with Gasteiger partial charge in [0, 0.05) is 19.8 Å². The molecule has 0 aromatic heterocycles. The first-order valence-electron chi connectivity index (χ1n) is 5.44. The fraction of sp³-hybridized carbons (Fsp3) is 0.800. The molecule has 0 aromatic carbocycles. The lowest BCUT2D eigenvalue weighted by molar-refractivity contribution is -0.138. The third-order valence-electron chi connectivity index (χ3n) is 2.58. The van der Waals surface area contributed by atoms with E-state index in [0.717, 1.165) is 26.1 Å². The number of hydrogen-bond donors (Lipinski definition) is 3. The van der Waals surface area contributed by atoms with Crippen molar-refractivity contribution >= 4 is 12.0 Å². The van der Waals surface area contributed by atoms with E-state index in [9.17, 15) is 9.59 Å². The zero-order chi connectivity index (χ0) is 12.0. The van der Waals surface area contributed by atoms with E-state index in [2.05, 4.69) is 10.6 Å². The van der Waals surface area contributed by atoms with E-state index in [1.165, 1.54) is 6.92 Å². The second-order valence-corrected chi connectivity index (χ2v) is 3.98. The molecule has 6 nitrogen and oxygen atoms in total. The Labute approximate surface area is 94.3 Å². The van der Waals surface area contributed by atoms with Gasteiger partial charge in [-0.3, -0.25) is 4.79 Å². The predicted octanol–water partition coefficient (Wildman–Crippen LogP) is 0.185. The van der Waals surface area contributed by atoms with Crippen molar-refractivity contribution in [3.8, 4) is 0 Å². The molecule has 1 aliphatic heterocycles. The summed E-state index contributed by atoms with van der Waals surface area (Å²) < 4.78 is 5.20. The van der Waals surface area contributed by atoms with Gasteiger partial charge in [-0.05, 0) is 25.7 Å². The molecule has 1 saturated heterocycles. The molecular weight excluding hydrogens is 212 g/mol. The van der Waals surface area contributed by atoms with Crippen LogP contribution in [0.15, 0.2) is 0 Å². The van der Waals surface area contributed by atoms with Crippen molar-refractivity contribution in [3.63, 3.8) is 0 Å². The van der Waals surface area contributed by atoms with Gasteiger partial charge in [0.15, 0.2) is 0 Å². The fourth-order valence-electron chi connectivity index (χ4n) is 1.51. The molecule has 2 amide bonds. The molecule has 1 aliphatic rings. The summed E-state index contributed by atoms with van der Waals surface area (Å²) in [4.78, 5) is 21.7. The molecule has 6 heteroatoms. The lowest BCUT2D eigenvalue weighted by Gasteiger charge is -2.12. The highest BCUT2D eigenvalue weighted by atomic mass is 16.5. The van der Waals surface area contributed by atoms with Gasteiger partial charge in [0.25, 0.3) is 0 Å². The van der Waals surface area contributed by atoms with Gasteiger partial charge in [0.1, 0.15) is 6.04 Å². The minimum absolute atomic E-state index is 0.436. The number of urea groups is 1. The molecule has 0 spiro atoms. The van der Waals surface area contributed by atoms with E-state index >= 15 is 0 Å². The molecule has 0 saturated carbocycles. The average molecular weight is 230 g/mol. The zero-order valence-corrected chi connectivity index (χ0v) is 9.36. The Morgan fingerprint density at radius 3 is 2.88 bits per heavy atom. The number of aliphatic carboxylic acids is 1. The quantitative estimate of drug-likeness (QED) is 0.629. The molecule has 0 radical (unpaired) electrons. The van der Waals surface area contributed by atoms with Gasteiger partial charge in [-0.25, -0.2) is 4.79 Å². The first-order valence-corrected chi connectivity index (χ1v) is 5.44. The number of carbonyl (C=O) groups excluding carboxylic acids is 1. The summed E-state index contributed by atoms with van der Waals surface area (Å²) in [6.45, 7) is 3.53. The summed E-state index contributed by atoms with van der Waals surface area (Å²) in [5.41, 5.74) is 0. The number of carbonyl (C=O) groups is 2. The summed E-state index contributed by atoms with van der Waals surface area (Å²) >= 11 is 0. The Bertz CT molecular complexity index is 251. The van der Waals surface area contributed by atoms with Gasteiger partial charge >= 0.3 is 12.0 Å². The zero-order valence-electron chi connectivity index (χ0n) is 9.36. The van der Waals surface area contributed by atoms with Crippen LogP contribution in [-0.2, 0) is 9.53 Å². The first kappa shape index (κ1) is 12.8. The van der Waals surface area contributed by atoms with Gasteiger partial charge < -0.3 is 20.5 Å². The lowest BCUT2D eigenvalue weighted by atomic mass is 10.1. The predicted molar refractivity (Wildman–Crippen MR) is 57.2 cm³/mol. The van der Waals surface area contributed by atoms with Crippen LogP contribution in [0.2, 0.25) is 0 Å². The summed E-state index contributed by atoms with van der Waals surface area (Å²) in [7, 11) is 0. The largest absolute Gasteiger partial charge is 0.480 e. The Balaban J connectivity index is 2.07. The van der Waals surface area contributed by atoms with E-state index in [1.54, 1.807) is 0 Å². The average Bonchev–Trinajstić information content (AvgIpc) is 2.70. The third kappa shape index (κ3) is 4.48. The van der Waals surface area contributed by atoms with E-state index in [4.69, 9.17) is 9.84 Å². The van der Waals surface area contributed by atoms with E-state index < -0.39 is 18.0 Å². The summed E-state index contributed by atoms with van der Waals surface area (Å²) in [6.07, 6.45) is 1.91. The highest BCUT2D eigenvalue weighted by Crippen LogP contribution is 2.14. The van der Waals surface area contributed by atoms with E-state index in [0.29, 0.717) is 12.5 Å². The molecule has 3 N–H and O–H groups in total. The minimum Gasteiger partial charge on any atom is -0.480 e. The molecule has 0 aliphatic carbocycles. The molecule has 92 valence electrons. The number of carboxylic acid groups (broad SMARTS) is 1. The SMILES string of the molecule is C[C@H](NC(=O)NCCC1CCOC1)C(=O)O. The Kier molecular flexibility index (Phi) is 5.04. The van der Waals surface area contributed by atoms with Crippen LogP contribution in [-0.4, -0.2) is 42.9 Å². The molecule has 1 rings (SSSR count). The number of carboxylic acids is 1. The van der Waals surface area contributed by atoms with Gasteiger partial charge in [-0.1, -0.05) is 0 Å². The maximum atomic E-state index is 11.2. The highest BCUT2D eigenvalue weighted by molar-refractivity contribution is 5.82. The molecule has 1 unspecified atom stereocenters. The summed E-state index contributed by atoms with van der Waals surface area (Å²) in [5, 5.41) is 13.5. The van der Waals surface area contributed by atoms with Gasteiger partial charge in [0.05, 0.1) is 0 Å². The van der Waals surface area contributed by atoms with Crippen LogP contribution in [0.25, 0.3) is 0 Å². The molecule has 0 bridgehead atoms. The Morgan fingerprint density at radius 1 is 1.56 bits per heavy atom. The van der Waals surface area contributed by atoms with Gasteiger partial charge in [-0.15, -0.1) is 0 Å². The Hall–Kier alpha value is -1.30. The van der Waals surface area contributed by atoms with Crippen LogP contribution < -0.4 is 10.6 Å². The molecule has 1 heterocycles. The fourth-order valence-corrected chi connectivity index (χ4v) is 1.51. The second kappa shape index (κ2) is 6.32. The van der Waals surface area contributed by atoms with Crippen LogP contribution >= 0.6 is 0 Å². The first-order chi connectivity index (χ1) is 7.59. The van der Waals surface area contributed by atoms with Crippen molar-refractivity contribution in [1.82, 2.24) is 10.6 Å². The Morgan fingerprint density at radius 2 is 2.31 bits per heavy atom. The van der Waals surface area contributed by atoms with Crippen molar-refractivity contribution in [3.05, 3.63) is 0 Å². The maximum absolute atomic E-state index is 11.2. The van der Waals surface area contributed by atoms with Crippen LogP contribution in [0.4, 0.5) is 4.79 Å². The van der Waals surface area contributed by atoms with Crippen molar-refractivity contribution in [1.29, 1.82) is 0 Å². The van der Waals surface area contributed by atoms with Crippen molar-refractivity contribution in [2.24, 2.45) is 5.92 Å². The minimum atomic E-state index is -1.04. The van der Waals surface area contributed by atoms with Crippen LogP contribution in [0, 0.1) is 5.92 Å². The van der Waals surface area contributed by atoms with E-state index in [1.807, 2.05) is 0 Å². The van der Waals surface area contributed by atoms with Crippen molar-refractivity contribution in [2.75, 3.05) is 19.8 Å². The lowest BCUT2D eigenvalue weighted by Crippen LogP contribution is -2.44. The van der Waals surface area contributed by atoms with Crippen molar-refractivity contribution < 1.29 is 19.4 Å². The second-order valence-electron chi connectivity index (χ2n) is 3.98. The molecule has 1 fully saturated rings. The number of amides is 2. The number of hydrogen-bond acceptors (Lipinski definition) is 3. The maximum Gasteiger partial charge on any atom is 0.325 e. The van der Waals surface area contributed by atoms with Crippen molar-refractivity contribution in [2.45, 2.75) is 25.8 Å². The summed E-state index contributed by atoms with van der Waals surface area (Å²) in [5.74, 6) is -0.531. The highest BCUT2D eigenvalue weighted by Gasteiger charge is 2.16. The number of nitrogens with one attached hydrogen (secondary N) is 2. The molecule has 0 aromatic rings. The summed E-state index contributed by atoms with van der Waals surface area (Å²) in [6, 6.07) is -1.30. The topological polar surface area (TPSA) is 87.7 Å². The normalized spacial score (nSPS) is 21.4. The van der Waals surface area contributed by atoms with Crippen LogP contribution in [0.3, 0.4) is 0 Å². The standard InChI is InChI=1S/C10H18N2O4/c1-7(9(13)14)12-10(15)11-4-2-8-3-5-16-6-8/h7-8H,2-6H2,1H3,(H,13,14)(H2,11,12,15)/t7-,8?/m0/s1.